The minimum absolute atomic E-state index is 0.315. The summed E-state index contributed by atoms with van der Waals surface area (Å²) < 4.78 is 13.3. The number of nitrogens with zero attached hydrogens (tertiary/aromatic N) is 3. The van der Waals surface area contributed by atoms with Gasteiger partial charge in [0.1, 0.15) is 11.2 Å². The second-order valence-electron chi connectivity index (χ2n) is 3.08. The SMILES string of the molecule is Fc1cccc2[nH]c(-c3cn[nH]n3)nc12. The van der Waals surface area contributed by atoms with Crippen LogP contribution in [-0.2, 0) is 0 Å². The molecule has 0 saturated heterocycles. The fraction of sp³-hybridized carbons (Fsp3) is 0. The smallest absolute Gasteiger partial charge is 0.160 e. The Labute approximate surface area is 83.3 Å². The number of H-pyrrole nitrogens is 2. The lowest BCUT2D eigenvalue weighted by molar-refractivity contribution is 0.637. The van der Waals surface area contributed by atoms with Crippen molar-refractivity contribution in [3.63, 3.8) is 0 Å². The molecule has 2 heterocycles. The number of aromatic amines is 2. The molecule has 74 valence electrons. The lowest BCUT2D eigenvalue weighted by atomic mass is 10.3. The normalized spacial score (nSPS) is 11.0. The lowest BCUT2D eigenvalue weighted by Crippen LogP contribution is -1.79. The van der Waals surface area contributed by atoms with Gasteiger partial charge in [-0.3, -0.25) is 0 Å². The van der Waals surface area contributed by atoms with Gasteiger partial charge in [-0.2, -0.15) is 15.4 Å². The highest BCUT2D eigenvalue weighted by molar-refractivity contribution is 5.79. The molecule has 0 atom stereocenters. The number of nitrogens with one attached hydrogen (secondary N) is 2. The van der Waals surface area contributed by atoms with E-state index in [0.717, 1.165) is 0 Å². The predicted octanol–water partition coefficient (Wildman–Crippen LogP) is 1.49. The van der Waals surface area contributed by atoms with Crippen LogP contribution in [0.15, 0.2) is 24.4 Å². The van der Waals surface area contributed by atoms with E-state index in [4.69, 9.17) is 0 Å². The highest BCUT2D eigenvalue weighted by Gasteiger charge is 2.09. The largest absolute Gasteiger partial charge is 0.336 e. The summed E-state index contributed by atoms with van der Waals surface area (Å²) in [5.41, 5.74) is 1.52. The van der Waals surface area contributed by atoms with Gasteiger partial charge in [0.2, 0.25) is 0 Å². The maximum atomic E-state index is 13.3. The minimum atomic E-state index is -0.349. The highest BCUT2D eigenvalue weighted by atomic mass is 19.1. The molecule has 0 aliphatic rings. The summed E-state index contributed by atoms with van der Waals surface area (Å²) in [7, 11) is 0. The number of hydrogen-bond donors (Lipinski definition) is 2. The first-order valence-corrected chi connectivity index (χ1v) is 4.35. The quantitative estimate of drug-likeness (QED) is 0.629. The molecule has 0 aliphatic heterocycles. The number of rotatable bonds is 1. The summed E-state index contributed by atoms with van der Waals surface area (Å²) in [6.07, 6.45) is 1.52. The number of imidazole rings is 1. The Balaban J connectivity index is 2.27. The first kappa shape index (κ1) is 8.10. The van der Waals surface area contributed by atoms with E-state index in [2.05, 4.69) is 25.4 Å². The molecule has 6 heteroatoms. The third-order valence-corrected chi connectivity index (χ3v) is 2.12. The fourth-order valence-electron chi connectivity index (χ4n) is 1.43. The van der Waals surface area contributed by atoms with Crippen LogP contribution in [0.3, 0.4) is 0 Å². The maximum Gasteiger partial charge on any atom is 0.160 e. The van der Waals surface area contributed by atoms with Gasteiger partial charge in [-0.05, 0) is 12.1 Å². The van der Waals surface area contributed by atoms with E-state index in [1.165, 1.54) is 12.3 Å². The number of fused-ring (bicyclic) bond motifs is 1. The van der Waals surface area contributed by atoms with Crippen molar-refractivity contribution in [2.75, 3.05) is 0 Å². The molecule has 3 rings (SSSR count). The van der Waals surface area contributed by atoms with Crippen LogP contribution in [0, 0.1) is 5.82 Å². The van der Waals surface area contributed by atoms with Crippen LogP contribution in [0.25, 0.3) is 22.6 Å². The van der Waals surface area contributed by atoms with Gasteiger partial charge in [-0.15, -0.1) is 0 Å². The average molecular weight is 203 g/mol. The molecular weight excluding hydrogens is 197 g/mol. The molecule has 0 spiro atoms. The topological polar surface area (TPSA) is 70.2 Å². The molecule has 15 heavy (non-hydrogen) atoms. The average Bonchev–Trinajstić information content (AvgIpc) is 2.86. The number of benzene rings is 1. The molecule has 2 aromatic heterocycles. The number of hydrogen-bond acceptors (Lipinski definition) is 3. The Morgan fingerprint density at radius 2 is 2.20 bits per heavy atom. The molecule has 0 radical (unpaired) electrons. The molecule has 0 amide bonds. The predicted molar refractivity (Wildman–Crippen MR) is 51.4 cm³/mol. The summed E-state index contributed by atoms with van der Waals surface area (Å²) in [4.78, 5) is 7.07. The zero-order valence-corrected chi connectivity index (χ0v) is 7.53. The maximum absolute atomic E-state index is 13.3. The summed E-state index contributed by atoms with van der Waals surface area (Å²) in [5.74, 6) is 0.155. The molecule has 2 N–H and O–H groups in total. The van der Waals surface area contributed by atoms with E-state index in [-0.39, 0.29) is 5.82 Å². The van der Waals surface area contributed by atoms with Gasteiger partial charge in [0, 0.05) is 0 Å². The molecule has 3 aromatic rings. The Bertz CT molecular complexity index is 598. The van der Waals surface area contributed by atoms with Gasteiger partial charge in [-0.1, -0.05) is 6.07 Å². The number of para-hydroxylation sites is 1. The number of aromatic nitrogens is 5. The van der Waals surface area contributed by atoms with Gasteiger partial charge in [-0.25, -0.2) is 9.37 Å². The Kier molecular flexibility index (Phi) is 1.55. The first-order valence-electron chi connectivity index (χ1n) is 4.35. The first-order chi connectivity index (χ1) is 7.34. The van der Waals surface area contributed by atoms with Crippen molar-refractivity contribution in [1.82, 2.24) is 25.4 Å². The van der Waals surface area contributed by atoms with E-state index >= 15 is 0 Å². The minimum Gasteiger partial charge on any atom is -0.336 e. The van der Waals surface area contributed by atoms with E-state index in [1.54, 1.807) is 12.1 Å². The van der Waals surface area contributed by atoms with Gasteiger partial charge in [0.25, 0.3) is 0 Å². The zero-order valence-electron chi connectivity index (χ0n) is 7.53. The van der Waals surface area contributed by atoms with Crippen LogP contribution < -0.4 is 0 Å². The van der Waals surface area contributed by atoms with Crippen LogP contribution in [0.4, 0.5) is 4.39 Å². The van der Waals surface area contributed by atoms with Gasteiger partial charge in [0.05, 0.1) is 11.7 Å². The van der Waals surface area contributed by atoms with Crippen molar-refractivity contribution in [1.29, 1.82) is 0 Å². The monoisotopic (exact) mass is 203 g/mol. The molecule has 5 nitrogen and oxygen atoms in total. The van der Waals surface area contributed by atoms with Crippen molar-refractivity contribution >= 4 is 11.0 Å². The van der Waals surface area contributed by atoms with Crippen molar-refractivity contribution in [2.24, 2.45) is 0 Å². The van der Waals surface area contributed by atoms with E-state index < -0.39 is 0 Å². The summed E-state index contributed by atoms with van der Waals surface area (Å²) in [6.45, 7) is 0. The Hall–Kier alpha value is -2.24. The molecule has 0 aliphatic carbocycles. The van der Waals surface area contributed by atoms with Crippen LogP contribution in [-0.4, -0.2) is 25.4 Å². The van der Waals surface area contributed by atoms with Crippen LogP contribution in [0.1, 0.15) is 0 Å². The second-order valence-corrected chi connectivity index (χ2v) is 3.08. The molecule has 0 saturated carbocycles. The highest BCUT2D eigenvalue weighted by Crippen LogP contribution is 2.19. The summed E-state index contributed by atoms with van der Waals surface area (Å²) in [5, 5.41) is 9.99. The van der Waals surface area contributed by atoms with Gasteiger partial charge in [0.15, 0.2) is 11.6 Å². The van der Waals surface area contributed by atoms with Crippen LogP contribution >= 0.6 is 0 Å². The Morgan fingerprint density at radius 3 is 2.93 bits per heavy atom. The standard InChI is InChI=1S/C9H6FN5/c10-5-2-1-3-6-8(5)13-9(12-6)7-4-11-15-14-7/h1-4H,(H,12,13)(H,11,14,15). The Morgan fingerprint density at radius 1 is 1.27 bits per heavy atom. The van der Waals surface area contributed by atoms with E-state index in [0.29, 0.717) is 22.6 Å². The zero-order chi connectivity index (χ0) is 10.3. The van der Waals surface area contributed by atoms with E-state index in [1.807, 2.05) is 0 Å². The fourth-order valence-corrected chi connectivity index (χ4v) is 1.43. The number of halogens is 1. The van der Waals surface area contributed by atoms with Crippen LogP contribution in [0.2, 0.25) is 0 Å². The lowest BCUT2D eigenvalue weighted by Gasteiger charge is -1.86. The molecule has 0 bridgehead atoms. The third kappa shape index (κ3) is 1.18. The van der Waals surface area contributed by atoms with Crippen molar-refractivity contribution in [3.05, 3.63) is 30.2 Å². The van der Waals surface area contributed by atoms with Crippen molar-refractivity contribution < 1.29 is 4.39 Å². The van der Waals surface area contributed by atoms with E-state index in [9.17, 15) is 4.39 Å². The summed E-state index contributed by atoms with van der Waals surface area (Å²) >= 11 is 0. The van der Waals surface area contributed by atoms with Crippen molar-refractivity contribution in [2.45, 2.75) is 0 Å². The molecular formula is C9H6FN5. The van der Waals surface area contributed by atoms with Crippen LogP contribution in [0.5, 0.6) is 0 Å². The molecule has 0 fully saturated rings. The molecule has 1 aromatic carbocycles. The molecule has 0 unspecified atom stereocenters. The van der Waals surface area contributed by atoms with Gasteiger partial charge >= 0.3 is 0 Å². The third-order valence-electron chi connectivity index (χ3n) is 2.12. The second kappa shape index (κ2) is 2.88. The summed E-state index contributed by atoms with van der Waals surface area (Å²) in [6, 6.07) is 4.76. The van der Waals surface area contributed by atoms with Gasteiger partial charge < -0.3 is 4.98 Å². The van der Waals surface area contributed by atoms with Crippen molar-refractivity contribution in [3.8, 4) is 11.5 Å².